The fraction of sp³-hybridized carbons (Fsp3) is 0.294. The first kappa shape index (κ1) is 19.4. The van der Waals surface area contributed by atoms with E-state index in [0.717, 1.165) is 9.04 Å². The third kappa shape index (κ3) is 3.84. The van der Waals surface area contributed by atoms with Gasteiger partial charge in [0.1, 0.15) is 0 Å². The number of rotatable bonds is 5. The number of nitrogens with zero attached hydrogens (tertiary/aromatic N) is 4. The Kier molecular flexibility index (Phi) is 5.52. The second-order valence-corrected chi connectivity index (χ2v) is 7.41. The van der Waals surface area contributed by atoms with Crippen molar-refractivity contribution in [3.8, 4) is 0 Å². The molecule has 10 heteroatoms. The van der Waals surface area contributed by atoms with Gasteiger partial charge < -0.3 is 9.88 Å². The first-order valence-corrected chi connectivity index (χ1v) is 9.32. The number of anilines is 1. The highest BCUT2D eigenvalue weighted by Crippen LogP contribution is 2.25. The van der Waals surface area contributed by atoms with E-state index >= 15 is 0 Å². The van der Waals surface area contributed by atoms with Crippen LogP contribution >= 0.6 is 27.5 Å². The molecule has 8 nitrogen and oxygen atoms in total. The van der Waals surface area contributed by atoms with Gasteiger partial charge in [0.2, 0.25) is 5.91 Å². The molecular weight excluding hydrogens is 438 g/mol. The third-order valence-corrected chi connectivity index (χ3v) is 5.03. The third-order valence-electron chi connectivity index (χ3n) is 4.23. The fourth-order valence-electron chi connectivity index (χ4n) is 2.78. The molecule has 0 bridgehead atoms. The molecule has 0 unspecified atom stereocenters. The number of fused-ring (bicyclic) bond motifs is 1. The van der Waals surface area contributed by atoms with Gasteiger partial charge in [-0.15, -0.1) is 0 Å². The molecule has 0 aliphatic rings. The molecule has 27 heavy (non-hydrogen) atoms. The van der Waals surface area contributed by atoms with Crippen LogP contribution < -0.4 is 16.6 Å². The summed E-state index contributed by atoms with van der Waals surface area (Å²) in [6.45, 7) is 0.422. The standard InChI is InChI=1S/C17H17BrClN5O3/c1-22-15-14(16(26)23(2)17(22)27)24(9-20-15)7-3-4-13(25)21-12-6-5-10(18)8-11(12)19/h5-6,8-9H,3-4,7H2,1-2H3,(H,21,25). The largest absolute Gasteiger partial charge is 0.332 e. The Morgan fingerprint density at radius 1 is 1.26 bits per heavy atom. The zero-order chi connectivity index (χ0) is 19.7. The predicted octanol–water partition coefficient (Wildman–Crippen LogP) is 2.27. The molecule has 0 aliphatic carbocycles. The highest BCUT2D eigenvalue weighted by molar-refractivity contribution is 9.10. The Morgan fingerprint density at radius 3 is 2.70 bits per heavy atom. The summed E-state index contributed by atoms with van der Waals surface area (Å²) in [5.41, 5.74) is 0.382. The normalized spacial score (nSPS) is 11.1. The van der Waals surface area contributed by atoms with Crippen molar-refractivity contribution in [2.45, 2.75) is 19.4 Å². The lowest BCUT2D eigenvalue weighted by Crippen LogP contribution is -2.37. The molecule has 0 aliphatic heterocycles. The molecule has 0 radical (unpaired) electrons. The molecule has 1 aromatic carbocycles. The fourth-order valence-corrected chi connectivity index (χ4v) is 3.50. The summed E-state index contributed by atoms with van der Waals surface area (Å²) in [4.78, 5) is 40.6. The molecule has 0 spiro atoms. The first-order valence-electron chi connectivity index (χ1n) is 8.15. The quantitative estimate of drug-likeness (QED) is 0.640. The zero-order valence-corrected chi connectivity index (χ0v) is 17.0. The zero-order valence-electron chi connectivity index (χ0n) is 14.7. The van der Waals surface area contributed by atoms with Crippen molar-refractivity contribution in [1.82, 2.24) is 18.7 Å². The summed E-state index contributed by atoms with van der Waals surface area (Å²) in [5, 5.41) is 3.21. The van der Waals surface area contributed by atoms with Crippen LogP contribution in [0.15, 0.2) is 38.6 Å². The highest BCUT2D eigenvalue weighted by atomic mass is 79.9. The van der Waals surface area contributed by atoms with E-state index in [2.05, 4.69) is 26.2 Å². The second kappa shape index (κ2) is 7.69. The van der Waals surface area contributed by atoms with E-state index in [1.165, 1.54) is 17.9 Å². The van der Waals surface area contributed by atoms with Gasteiger partial charge in [0.15, 0.2) is 11.2 Å². The van der Waals surface area contributed by atoms with Crippen molar-refractivity contribution in [1.29, 1.82) is 0 Å². The lowest BCUT2D eigenvalue weighted by Gasteiger charge is -2.09. The molecule has 3 rings (SSSR count). The van der Waals surface area contributed by atoms with Gasteiger partial charge in [-0.3, -0.25) is 18.7 Å². The highest BCUT2D eigenvalue weighted by Gasteiger charge is 2.14. The Bertz CT molecular complexity index is 1150. The maximum absolute atomic E-state index is 12.4. The Labute approximate surface area is 167 Å². The van der Waals surface area contributed by atoms with Crippen LogP contribution in [0.5, 0.6) is 0 Å². The summed E-state index contributed by atoms with van der Waals surface area (Å²) in [5.74, 6) is -0.177. The maximum atomic E-state index is 12.4. The SMILES string of the molecule is Cn1c(=O)c2c(ncn2CCCC(=O)Nc2ccc(Br)cc2Cl)n(C)c1=O. The summed E-state index contributed by atoms with van der Waals surface area (Å²) >= 11 is 9.40. The van der Waals surface area contributed by atoms with Crippen LogP contribution in [-0.4, -0.2) is 24.6 Å². The molecule has 1 N–H and O–H groups in total. The van der Waals surface area contributed by atoms with Gasteiger partial charge in [0, 0.05) is 31.5 Å². The van der Waals surface area contributed by atoms with E-state index in [9.17, 15) is 14.4 Å². The van der Waals surface area contributed by atoms with Gasteiger partial charge in [-0.25, -0.2) is 9.78 Å². The number of aromatic nitrogens is 4. The topological polar surface area (TPSA) is 90.9 Å². The number of amides is 1. The number of benzene rings is 1. The van der Waals surface area contributed by atoms with Crippen LogP contribution in [0.1, 0.15) is 12.8 Å². The number of halogens is 2. The van der Waals surface area contributed by atoms with E-state index in [-0.39, 0.29) is 12.3 Å². The van der Waals surface area contributed by atoms with Gasteiger partial charge in [0.25, 0.3) is 5.56 Å². The van der Waals surface area contributed by atoms with Gasteiger partial charge in [-0.1, -0.05) is 27.5 Å². The molecule has 0 atom stereocenters. The lowest BCUT2D eigenvalue weighted by molar-refractivity contribution is -0.116. The van der Waals surface area contributed by atoms with Gasteiger partial charge in [-0.05, 0) is 24.6 Å². The molecular formula is C17H17BrClN5O3. The van der Waals surface area contributed by atoms with E-state index in [0.29, 0.717) is 34.8 Å². The number of hydrogen-bond acceptors (Lipinski definition) is 4. The molecule has 142 valence electrons. The molecule has 1 amide bonds. The lowest BCUT2D eigenvalue weighted by atomic mass is 10.2. The van der Waals surface area contributed by atoms with E-state index in [1.807, 2.05) is 0 Å². The minimum Gasteiger partial charge on any atom is -0.325 e. The molecule has 3 aromatic rings. The minimum atomic E-state index is -0.427. The average molecular weight is 455 g/mol. The van der Waals surface area contributed by atoms with Crippen LogP contribution in [-0.2, 0) is 25.4 Å². The van der Waals surface area contributed by atoms with Crippen molar-refractivity contribution in [3.63, 3.8) is 0 Å². The molecule has 2 heterocycles. The number of imidazole rings is 1. The van der Waals surface area contributed by atoms with Crippen molar-refractivity contribution in [3.05, 3.63) is 54.9 Å². The maximum Gasteiger partial charge on any atom is 0.332 e. The number of carbonyl (C=O) groups is 1. The first-order chi connectivity index (χ1) is 12.8. The van der Waals surface area contributed by atoms with Gasteiger partial charge >= 0.3 is 5.69 Å². The smallest absolute Gasteiger partial charge is 0.325 e. The number of carbonyl (C=O) groups excluding carboxylic acids is 1. The second-order valence-electron chi connectivity index (χ2n) is 6.09. The summed E-state index contributed by atoms with van der Waals surface area (Å²) < 4.78 is 4.86. The summed E-state index contributed by atoms with van der Waals surface area (Å²) in [6.07, 6.45) is 2.25. The van der Waals surface area contributed by atoms with Crippen LogP contribution in [0.25, 0.3) is 11.2 Å². The Balaban J connectivity index is 1.70. The van der Waals surface area contributed by atoms with Crippen LogP contribution in [0, 0.1) is 0 Å². The monoisotopic (exact) mass is 453 g/mol. The summed E-state index contributed by atoms with van der Waals surface area (Å²) in [6, 6.07) is 5.21. The van der Waals surface area contributed by atoms with E-state index in [4.69, 9.17) is 11.6 Å². The average Bonchev–Trinajstić information content (AvgIpc) is 3.04. The van der Waals surface area contributed by atoms with Crippen molar-refractivity contribution < 1.29 is 4.79 Å². The van der Waals surface area contributed by atoms with Gasteiger partial charge in [0.05, 0.1) is 17.0 Å². The number of hydrogen-bond donors (Lipinski definition) is 1. The summed E-state index contributed by atoms with van der Waals surface area (Å²) in [7, 11) is 2.99. The number of aryl methyl sites for hydroxylation is 2. The molecule has 0 fully saturated rings. The molecule has 2 aromatic heterocycles. The molecule has 0 saturated heterocycles. The predicted molar refractivity (Wildman–Crippen MR) is 107 cm³/mol. The van der Waals surface area contributed by atoms with E-state index in [1.54, 1.807) is 29.8 Å². The number of nitrogens with one attached hydrogen (secondary N) is 1. The Hall–Kier alpha value is -2.39. The Morgan fingerprint density at radius 2 is 2.00 bits per heavy atom. The van der Waals surface area contributed by atoms with Crippen molar-refractivity contribution in [2.75, 3.05) is 5.32 Å². The van der Waals surface area contributed by atoms with Crippen LogP contribution in [0.3, 0.4) is 0 Å². The van der Waals surface area contributed by atoms with E-state index < -0.39 is 11.2 Å². The van der Waals surface area contributed by atoms with Crippen molar-refractivity contribution >= 4 is 50.3 Å². The minimum absolute atomic E-state index is 0.177. The van der Waals surface area contributed by atoms with Gasteiger partial charge in [-0.2, -0.15) is 0 Å². The van der Waals surface area contributed by atoms with Crippen LogP contribution in [0.4, 0.5) is 5.69 Å². The van der Waals surface area contributed by atoms with Crippen LogP contribution in [0.2, 0.25) is 5.02 Å². The van der Waals surface area contributed by atoms with Crippen molar-refractivity contribution in [2.24, 2.45) is 14.1 Å². The molecule has 0 saturated carbocycles.